The second kappa shape index (κ2) is 7.98. The van der Waals surface area contributed by atoms with Gasteiger partial charge >= 0.3 is 6.02 Å². The van der Waals surface area contributed by atoms with Crippen LogP contribution in [0.5, 0.6) is 0 Å². The van der Waals surface area contributed by atoms with Gasteiger partial charge in [-0.2, -0.15) is 0 Å². The van der Waals surface area contributed by atoms with Crippen LogP contribution in [0.4, 0.5) is 0 Å². The van der Waals surface area contributed by atoms with Gasteiger partial charge in [0.15, 0.2) is 0 Å². The van der Waals surface area contributed by atoms with E-state index in [1.165, 1.54) is 0 Å². The van der Waals surface area contributed by atoms with Gasteiger partial charge < -0.3 is 4.74 Å². The molecule has 3 nitrogen and oxygen atoms in total. The van der Waals surface area contributed by atoms with Crippen LogP contribution in [0, 0.1) is 0 Å². The average Bonchev–Trinajstić information content (AvgIpc) is 2.11. The molecule has 0 aliphatic rings. The van der Waals surface area contributed by atoms with Crippen LogP contribution >= 0.6 is 0 Å². The molecular formula is C9H16N2O. The number of ether oxygens (including phenoxy) is 1. The Morgan fingerprint density at radius 1 is 1.33 bits per heavy atom. The highest BCUT2D eigenvalue weighted by Crippen LogP contribution is 1.87. The fourth-order valence-electron chi connectivity index (χ4n) is 0.530. The van der Waals surface area contributed by atoms with E-state index in [4.69, 9.17) is 4.74 Å². The largest absolute Gasteiger partial charge is 0.467 e. The number of aliphatic imine (C=N–C) groups is 2. The maximum Gasteiger partial charge on any atom is 0.315 e. The predicted molar refractivity (Wildman–Crippen MR) is 52.7 cm³/mol. The van der Waals surface area contributed by atoms with Crippen molar-refractivity contribution in [2.45, 2.75) is 26.7 Å². The zero-order chi connectivity index (χ0) is 9.23. The summed E-state index contributed by atoms with van der Waals surface area (Å²) in [5.74, 6) is 0. The van der Waals surface area contributed by atoms with Gasteiger partial charge in [0.1, 0.15) is 0 Å². The van der Waals surface area contributed by atoms with Crippen molar-refractivity contribution in [2.24, 2.45) is 9.98 Å². The Balaban J connectivity index is 4.03. The number of hydrogen-bond acceptors (Lipinski definition) is 2. The molecule has 0 spiro atoms. The van der Waals surface area contributed by atoms with Crippen LogP contribution in [0.3, 0.4) is 0 Å². The number of hydrogen-bond donors (Lipinski definition) is 0. The first-order valence-electron chi connectivity index (χ1n) is 4.14. The summed E-state index contributed by atoms with van der Waals surface area (Å²) >= 11 is 0. The van der Waals surface area contributed by atoms with Crippen LogP contribution in [0.15, 0.2) is 22.3 Å². The minimum Gasteiger partial charge on any atom is -0.467 e. The van der Waals surface area contributed by atoms with Gasteiger partial charge in [0.2, 0.25) is 0 Å². The molecule has 0 bridgehead atoms. The van der Waals surface area contributed by atoms with Gasteiger partial charge in [-0.3, -0.25) is 0 Å². The molecule has 0 N–H and O–H groups in total. The van der Waals surface area contributed by atoms with Crippen LogP contribution in [0.1, 0.15) is 26.7 Å². The number of amidine groups is 1. The normalized spacial score (nSPS) is 13.1. The van der Waals surface area contributed by atoms with E-state index in [0.29, 0.717) is 6.02 Å². The van der Waals surface area contributed by atoms with Gasteiger partial charge in [0, 0.05) is 12.4 Å². The van der Waals surface area contributed by atoms with E-state index >= 15 is 0 Å². The average molecular weight is 168 g/mol. The van der Waals surface area contributed by atoms with Crippen molar-refractivity contribution >= 4 is 12.2 Å². The van der Waals surface area contributed by atoms with E-state index < -0.39 is 0 Å². The maximum atomic E-state index is 4.90. The van der Waals surface area contributed by atoms with Gasteiger partial charge in [-0.15, -0.1) is 0 Å². The summed E-state index contributed by atoms with van der Waals surface area (Å²) in [6.07, 6.45) is 7.27. The zero-order valence-corrected chi connectivity index (χ0v) is 7.95. The van der Waals surface area contributed by atoms with Crippen molar-refractivity contribution in [1.29, 1.82) is 0 Å². The Kier molecular flexibility index (Phi) is 7.24. The molecule has 0 aliphatic heterocycles. The molecule has 0 atom stereocenters. The number of nitrogens with zero attached hydrogens (tertiary/aromatic N) is 2. The Hall–Kier alpha value is -1.12. The Bertz CT molecular complexity index is 183. The van der Waals surface area contributed by atoms with E-state index in [1.807, 2.05) is 19.9 Å². The first kappa shape index (κ1) is 10.9. The molecule has 0 amide bonds. The second-order valence-corrected chi connectivity index (χ2v) is 2.13. The molecule has 0 radical (unpaired) electrons. The lowest BCUT2D eigenvalue weighted by molar-refractivity contribution is 0.397. The fraction of sp³-hybridized carbons (Fsp3) is 0.556. The van der Waals surface area contributed by atoms with Crippen LogP contribution in [-0.2, 0) is 4.74 Å². The lowest BCUT2D eigenvalue weighted by Crippen LogP contribution is -1.95. The Labute approximate surface area is 73.9 Å². The number of rotatable bonds is 3. The molecule has 0 aromatic carbocycles. The second-order valence-electron chi connectivity index (χ2n) is 2.13. The molecular weight excluding hydrogens is 152 g/mol. The molecule has 0 aliphatic carbocycles. The number of allylic oxidation sites excluding steroid dienone is 1. The minimum atomic E-state index is 0.404. The molecule has 0 rings (SSSR count). The first-order chi connectivity index (χ1) is 5.85. The van der Waals surface area contributed by atoms with Crippen LogP contribution in [0.25, 0.3) is 0 Å². The highest BCUT2D eigenvalue weighted by Gasteiger charge is 1.87. The molecule has 0 heterocycles. The summed E-state index contributed by atoms with van der Waals surface area (Å²) in [5.41, 5.74) is 0. The van der Waals surface area contributed by atoms with E-state index in [2.05, 4.69) is 9.98 Å². The third-order valence-electron chi connectivity index (χ3n) is 1.09. The van der Waals surface area contributed by atoms with Crippen LogP contribution in [-0.4, -0.2) is 19.3 Å². The minimum absolute atomic E-state index is 0.404. The summed E-state index contributed by atoms with van der Waals surface area (Å²) < 4.78 is 4.90. The van der Waals surface area contributed by atoms with Gasteiger partial charge in [-0.25, -0.2) is 9.98 Å². The topological polar surface area (TPSA) is 34.0 Å². The fourth-order valence-corrected chi connectivity index (χ4v) is 0.530. The van der Waals surface area contributed by atoms with Crippen molar-refractivity contribution < 1.29 is 4.74 Å². The molecule has 0 saturated heterocycles. The molecule has 3 heteroatoms. The summed E-state index contributed by atoms with van der Waals surface area (Å²) in [6, 6.07) is 0.404. The Morgan fingerprint density at radius 2 is 2.08 bits per heavy atom. The van der Waals surface area contributed by atoms with E-state index in [1.54, 1.807) is 19.5 Å². The first-order valence-corrected chi connectivity index (χ1v) is 4.14. The standard InChI is InChI=1S/C9H16N2O/c1-4-6-8-11-9(12-3)10-7-5-2/h6-8H,4-5H2,1-3H3/b8-6-,10-7-,11-9+. The van der Waals surface area contributed by atoms with E-state index in [-0.39, 0.29) is 0 Å². The molecule has 0 fully saturated rings. The quantitative estimate of drug-likeness (QED) is 0.470. The molecule has 0 aromatic rings. The monoisotopic (exact) mass is 168 g/mol. The maximum absolute atomic E-state index is 4.90. The third-order valence-corrected chi connectivity index (χ3v) is 1.09. The molecule has 0 aromatic heterocycles. The molecule has 68 valence electrons. The van der Waals surface area contributed by atoms with Gasteiger partial charge in [0.25, 0.3) is 0 Å². The Morgan fingerprint density at radius 3 is 2.58 bits per heavy atom. The summed E-state index contributed by atoms with van der Waals surface area (Å²) in [7, 11) is 1.56. The third kappa shape index (κ3) is 5.65. The molecule has 0 unspecified atom stereocenters. The highest BCUT2D eigenvalue weighted by molar-refractivity contribution is 5.83. The van der Waals surface area contributed by atoms with E-state index in [9.17, 15) is 0 Å². The smallest absolute Gasteiger partial charge is 0.315 e. The van der Waals surface area contributed by atoms with Crippen molar-refractivity contribution in [3.63, 3.8) is 0 Å². The van der Waals surface area contributed by atoms with Gasteiger partial charge in [-0.05, 0) is 12.8 Å². The van der Waals surface area contributed by atoms with Crippen molar-refractivity contribution in [1.82, 2.24) is 0 Å². The molecule has 12 heavy (non-hydrogen) atoms. The summed E-state index contributed by atoms with van der Waals surface area (Å²) in [4.78, 5) is 7.97. The summed E-state index contributed by atoms with van der Waals surface area (Å²) in [5, 5.41) is 0. The van der Waals surface area contributed by atoms with Crippen molar-refractivity contribution in [3.8, 4) is 0 Å². The zero-order valence-electron chi connectivity index (χ0n) is 7.95. The van der Waals surface area contributed by atoms with Gasteiger partial charge in [0.05, 0.1) is 7.11 Å². The van der Waals surface area contributed by atoms with E-state index in [0.717, 1.165) is 12.8 Å². The van der Waals surface area contributed by atoms with Crippen molar-refractivity contribution in [3.05, 3.63) is 12.3 Å². The van der Waals surface area contributed by atoms with Crippen molar-refractivity contribution in [2.75, 3.05) is 7.11 Å². The highest BCUT2D eigenvalue weighted by atomic mass is 16.5. The lowest BCUT2D eigenvalue weighted by Gasteiger charge is -1.93. The number of methoxy groups -OCH3 is 1. The summed E-state index contributed by atoms with van der Waals surface area (Å²) in [6.45, 7) is 4.06. The van der Waals surface area contributed by atoms with Crippen LogP contribution < -0.4 is 0 Å². The lowest BCUT2D eigenvalue weighted by atomic mass is 10.5. The molecule has 0 saturated carbocycles. The predicted octanol–water partition coefficient (Wildman–Crippen LogP) is 2.39. The SMILES string of the molecule is CC\C=C/N=C(\N=C/CC)OC. The van der Waals surface area contributed by atoms with Gasteiger partial charge in [-0.1, -0.05) is 19.9 Å². The van der Waals surface area contributed by atoms with Crippen LogP contribution in [0.2, 0.25) is 0 Å².